The average molecular weight is 537 g/mol. The molecule has 0 unspecified atom stereocenters. The van der Waals surface area contributed by atoms with Gasteiger partial charge in [-0.2, -0.15) is 4.31 Å². The van der Waals surface area contributed by atoms with Crippen molar-refractivity contribution in [2.75, 3.05) is 65.5 Å². The number of allylic oxidation sites excluding steroid dienone is 4. The Labute approximate surface area is 222 Å². The first-order valence-electron chi connectivity index (χ1n) is 12.9. The Balaban J connectivity index is 2.26. The molecule has 37 heavy (non-hydrogen) atoms. The molecule has 1 fully saturated rings. The molecule has 0 atom stereocenters. The van der Waals surface area contributed by atoms with Crippen LogP contribution in [0.15, 0.2) is 40.3 Å². The van der Waals surface area contributed by atoms with Gasteiger partial charge in [0.1, 0.15) is 17.3 Å². The van der Waals surface area contributed by atoms with Gasteiger partial charge in [0.2, 0.25) is 10.0 Å². The van der Waals surface area contributed by atoms with Crippen LogP contribution in [-0.4, -0.2) is 93.1 Å². The number of sulfonamides is 1. The lowest BCUT2D eigenvalue weighted by Crippen LogP contribution is -2.47. The molecule has 0 spiro atoms. The van der Waals surface area contributed by atoms with E-state index in [2.05, 4.69) is 28.4 Å². The van der Waals surface area contributed by atoms with Gasteiger partial charge in [0.25, 0.3) is 5.56 Å². The van der Waals surface area contributed by atoms with E-state index in [-0.39, 0.29) is 16.9 Å². The summed E-state index contributed by atoms with van der Waals surface area (Å²) in [5.41, 5.74) is 0.874. The molecule has 11 heteroatoms. The van der Waals surface area contributed by atoms with Crippen LogP contribution in [0.25, 0.3) is 0 Å². The topological polar surface area (TPSA) is 102 Å². The van der Waals surface area contributed by atoms with Crippen LogP contribution in [0.3, 0.4) is 0 Å². The first-order valence-corrected chi connectivity index (χ1v) is 14.4. The molecule has 0 amide bonds. The summed E-state index contributed by atoms with van der Waals surface area (Å²) in [6.45, 7) is 13.0. The third-order valence-electron chi connectivity index (χ3n) is 6.45. The van der Waals surface area contributed by atoms with Gasteiger partial charge < -0.3 is 19.6 Å². The summed E-state index contributed by atoms with van der Waals surface area (Å²) in [5, 5.41) is 3.85. The second-order valence-corrected chi connectivity index (χ2v) is 11.2. The van der Waals surface area contributed by atoms with Crippen LogP contribution in [0.1, 0.15) is 44.6 Å². The number of nitrogens with zero attached hydrogens (tertiary/aromatic N) is 5. The standard InChI is InChI=1S/C26H44N6O4S/c1-8-11-12-15-30(6)31(7)25-21(4)27-24(28-26(25)33)20-22(36-10-3)13-14-23(9-2)37(34,35)32-18-16-29(5)17-19-32/h9,13-14H,2,8,10-12,15-20H2,1,3-7H3,(H,27,28,33)/b22-13+,23-14+. The zero-order valence-corrected chi connectivity index (χ0v) is 24.1. The van der Waals surface area contributed by atoms with Crippen molar-refractivity contribution in [3.8, 4) is 0 Å². The van der Waals surface area contributed by atoms with E-state index in [9.17, 15) is 13.2 Å². The number of aryl methyl sites for hydroxylation is 1. The van der Waals surface area contributed by atoms with E-state index in [1.165, 1.54) is 16.5 Å². The second-order valence-electron chi connectivity index (χ2n) is 9.28. The molecule has 2 rings (SSSR count). The van der Waals surface area contributed by atoms with Gasteiger partial charge in [0, 0.05) is 46.8 Å². The third kappa shape index (κ3) is 8.53. The fraction of sp³-hybridized carbons (Fsp3) is 0.615. The lowest BCUT2D eigenvalue weighted by molar-refractivity contribution is 0.222. The molecular formula is C26H44N6O4S. The van der Waals surface area contributed by atoms with Crippen molar-refractivity contribution in [3.63, 3.8) is 0 Å². The number of likely N-dealkylation sites (N-methyl/N-ethyl adjacent to an activating group) is 1. The molecule has 1 aliphatic rings. The van der Waals surface area contributed by atoms with E-state index in [4.69, 9.17) is 4.74 Å². The van der Waals surface area contributed by atoms with Crippen LogP contribution >= 0.6 is 0 Å². The number of piperazine rings is 1. The van der Waals surface area contributed by atoms with E-state index in [1.54, 1.807) is 6.08 Å². The number of ether oxygens (including phenoxy) is 1. The smallest absolute Gasteiger partial charge is 0.276 e. The number of hydrogen-bond donors (Lipinski definition) is 1. The zero-order valence-electron chi connectivity index (χ0n) is 23.3. The van der Waals surface area contributed by atoms with Gasteiger partial charge in [0.05, 0.1) is 23.6 Å². The molecular weight excluding hydrogens is 492 g/mol. The predicted molar refractivity (Wildman–Crippen MR) is 150 cm³/mol. The summed E-state index contributed by atoms with van der Waals surface area (Å²) >= 11 is 0. The number of aromatic amines is 1. The molecule has 10 nitrogen and oxygen atoms in total. The second kappa shape index (κ2) is 14.5. The maximum absolute atomic E-state index is 13.1. The van der Waals surface area contributed by atoms with E-state index in [1.807, 2.05) is 45.0 Å². The fourth-order valence-electron chi connectivity index (χ4n) is 4.13. The van der Waals surface area contributed by atoms with Crippen molar-refractivity contribution in [2.24, 2.45) is 0 Å². The summed E-state index contributed by atoms with van der Waals surface area (Å²) in [7, 11) is 2.13. The number of H-pyrrole nitrogens is 1. The van der Waals surface area contributed by atoms with Gasteiger partial charge in [-0.25, -0.2) is 18.4 Å². The minimum Gasteiger partial charge on any atom is -0.498 e. The Morgan fingerprint density at radius 2 is 1.84 bits per heavy atom. The summed E-state index contributed by atoms with van der Waals surface area (Å²) < 4.78 is 33.4. The van der Waals surface area contributed by atoms with E-state index >= 15 is 0 Å². The summed E-state index contributed by atoms with van der Waals surface area (Å²) in [4.78, 5) is 22.7. The average Bonchev–Trinajstić information content (AvgIpc) is 2.84. The molecule has 1 aromatic heterocycles. The van der Waals surface area contributed by atoms with Gasteiger partial charge in [-0.3, -0.25) is 4.79 Å². The van der Waals surface area contributed by atoms with Crippen LogP contribution in [-0.2, 0) is 21.2 Å². The number of hydrazine groups is 1. The Hall–Kier alpha value is -2.47. The van der Waals surface area contributed by atoms with E-state index in [0.717, 1.165) is 25.8 Å². The molecule has 1 aromatic rings. The van der Waals surface area contributed by atoms with Crippen molar-refractivity contribution >= 4 is 15.7 Å². The number of unbranched alkanes of at least 4 members (excludes halogenated alkanes) is 2. The molecule has 0 aliphatic carbocycles. The highest BCUT2D eigenvalue weighted by Crippen LogP contribution is 2.18. The Kier molecular flexibility index (Phi) is 12.0. The van der Waals surface area contributed by atoms with Crippen LogP contribution in [0.2, 0.25) is 0 Å². The Bertz CT molecular complexity index is 1120. The van der Waals surface area contributed by atoms with Crippen LogP contribution in [0.4, 0.5) is 5.69 Å². The molecule has 0 saturated carbocycles. The molecule has 1 N–H and O–H groups in total. The number of anilines is 1. The summed E-state index contributed by atoms with van der Waals surface area (Å²) in [6, 6.07) is 0. The molecule has 2 heterocycles. The highest BCUT2D eigenvalue weighted by molar-refractivity contribution is 7.93. The maximum Gasteiger partial charge on any atom is 0.276 e. The van der Waals surface area contributed by atoms with Gasteiger partial charge in [-0.05, 0) is 45.5 Å². The first kappa shape index (κ1) is 30.8. The van der Waals surface area contributed by atoms with Gasteiger partial charge in [-0.1, -0.05) is 26.3 Å². The minimum absolute atomic E-state index is 0.106. The van der Waals surface area contributed by atoms with Gasteiger partial charge in [-0.15, -0.1) is 0 Å². The van der Waals surface area contributed by atoms with Crippen LogP contribution < -0.4 is 10.6 Å². The van der Waals surface area contributed by atoms with Crippen molar-refractivity contribution in [1.29, 1.82) is 0 Å². The van der Waals surface area contributed by atoms with Gasteiger partial charge >= 0.3 is 0 Å². The van der Waals surface area contributed by atoms with Crippen molar-refractivity contribution in [1.82, 2.24) is 24.2 Å². The summed E-state index contributed by atoms with van der Waals surface area (Å²) in [5.74, 6) is 0.944. The largest absolute Gasteiger partial charge is 0.498 e. The Morgan fingerprint density at radius 1 is 1.16 bits per heavy atom. The van der Waals surface area contributed by atoms with Crippen LogP contribution in [0, 0.1) is 6.92 Å². The molecule has 0 aromatic carbocycles. The number of nitrogens with one attached hydrogen (secondary N) is 1. The van der Waals surface area contributed by atoms with Crippen LogP contribution in [0.5, 0.6) is 0 Å². The van der Waals surface area contributed by atoms with Crippen molar-refractivity contribution < 1.29 is 13.2 Å². The lowest BCUT2D eigenvalue weighted by atomic mass is 10.2. The molecule has 1 saturated heterocycles. The lowest BCUT2D eigenvalue weighted by Gasteiger charge is -2.31. The number of aromatic nitrogens is 2. The van der Waals surface area contributed by atoms with Crippen molar-refractivity contribution in [2.45, 2.75) is 46.5 Å². The SMILES string of the molecule is C=C/C(=C\C=C(/Cc1nc(C)c(N(C)N(C)CCCCC)c(=O)[nH]1)OCC)S(=O)(=O)N1CCN(C)CC1. The maximum atomic E-state index is 13.1. The molecule has 1 aliphatic heterocycles. The van der Waals surface area contributed by atoms with Gasteiger partial charge in [0.15, 0.2) is 0 Å². The normalized spacial score (nSPS) is 16.3. The fourth-order valence-corrected chi connectivity index (χ4v) is 5.53. The highest BCUT2D eigenvalue weighted by atomic mass is 32.2. The van der Waals surface area contributed by atoms with E-state index < -0.39 is 10.0 Å². The molecule has 208 valence electrons. The third-order valence-corrected chi connectivity index (χ3v) is 8.39. The zero-order chi connectivity index (χ0) is 27.6. The highest BCUT2D eigenvalue weighted by Gasteiger charge is 2.27. The number of hydrogen-bond acceptors (Lipinski definition) is 8. The number of rotatable bonds is 14. The quantitative estimate of drug-likeness (QED) is 0.168. The molecule has 0 radical (unpaired) electrons. The monoisotopic (exact) mass is 536 g/mol. The summed E-state index contributed by atoms with van der Waals surface area (Å²) in [6.07, 6.45) is 8.00. The Morgan fingerprint density at radius 3 is 2.41 bits per heavy atom. The van der Waals surface area contributed by atoms with E-state index in [0.29, 0.717) is 55.8 Å². The minimum atomic E-state index is -3.66. The predicted octanol–water partition coefficient (Wildman–Crippen LogP) is 2.66. The first-order chi connectivity index (χ1) is 17.5. The van der Waals surface area contributed by atoms with Crippen molar-refractivity contribution in [3.05, 3.63) is 57.3 Å². The molecule has 0 bridgehead atoms.